The lowest BCUT2D eigenvalue weighted by molar-refractivity contribution is 0.183. The van der Waals surface area contributed by atoms with E-state index >= 15 is 0 Å². The zero-order valence-corrected chi connectivity index (χ0v) is 22.3. The molecule has 0 spiro atoms. The first-order chi connectivity index (χ1) is 14.3. The van der Waals surface area contributed by atoms with Crippen LogP contribution < -0.4 is 0 Å². The van der Waals surface area contributed by atoms with Crippen LogP contribution in [0, 0.1) is 5.41 Å². The molecule has 1 rings (SSSR count). The van der Waals surface area contributed by atoms with Gasteiger partial charge in [0.1, 0.15) is 0 Å². The van der Waals surface area contributed by atoms with Crippen LogP contribution >= 0.6 is 0 Å². The van der Waals surface area contributed by atoms with E-state index in [0.29, 0.717) is 11.5 Å². The second-order valence-corrected chi connectivity index (χ2v) is 12.4. The van der Waals surface area contributed by atoms with Crippen molar-refractivity contribution in [3.8, 4) is 0 Å². The van der Waals surface area contributed by atoms with E-state index in [1.54, 1.807) is 0 Å². The molecule has 0 aliphatic heterocycles. The van der Waals surface area contributed by atoms with Crippen LogP contribution in [0.2, 0.25) is 12.1 Å². The molecule has 0 aromatic heterocycles. The molecule has 174 valence electrons. The minimum Gasteiger partial charge on any atom is -0.417 e. The van der Waals surface area contributed by atoms with Gasteiger partial charge in [0, 0.05) is 6.10 Å². The second kappa shape index (κ2) is 15.2. The molecule has 1 aromatic carbocycles. The van der Waals surface area contributed by atoms with Gasteiger partial charge in [-0.2, -0.15) is 0 Å². The minimum absolute atomic E-state index is 0.399. The summed E-state index contributed by atoms with van der Waals surface area (Å²) in [7, 11) is 7.51. The lowest BCUT2D eigenvalue weighted by Crippen LogP contribution is -2.34. The minimum atomic E-state index is -1.28. The third-order valence-corrected chi connectivity index (χ3v) is 9.74. The largest absolute Gasteiger partial charge is 0.417 e. The number of nitrogens with zero attached hydrogens (tertiary/aromatic N) is 2. The highest BCUT2D eigenvalue weighted by atomic mass is 28.3. The Morgan fingerprint density at radius 3 is 1.97 bits per heavy atom. The van der Waals surface area contributed by atoms with Crippen LogP contribution in [0.3, 0.4) is 0 Å². The van der Waals surface area contributed by atoms with Gasteiger partial charge in [0.2, 0.25) is 0 Å². The van der Waals surface area contributed by atoms with E-state index in [2.05, 4.69) is 89.1 Å². The fourth-order valence-electron chi connectivity index (χ4n) is 4.47. The number of hydrogen-bond acceptors (Lipinski definition) is 3. The summed E-state index contributed by atoms with van der Waals surface area (Å²) in [4.78, 5) is 4.67. The summed E-state index contributed by atoms with van der Waals surface area (Å²) in [6.07, 6.45) is 9.25. The molecule has 1 aromatic rings. The summed E-state index contributed by atoms with van der Waals surface area (Å²) in [5.41, 5.74) is 1.91. The molecule has 0 fully saturated rings. The van der Waals surface area contributed by atoms with Crippen molar-refractivity contribution in [1.82, 2.24) is 9.80 Å². The van der Waals surface area contributed by atoms with Crippen molar-refractivity contribution >= 4 is 9.04 Å². The van der Waals surface area contributed by atoms with Crippen molar-refractivity contribution in [2.75, 3.05) is 41.3 Å². The van der Waals surface area contributed by atoms with Crippen LogP contribution in [-0.2, 0) is 10.8 Å². The zero-order chi connectivity index (χ0) is 22.4. The Hall–Kier alpha value is -0.683. The van der Waals surface area contributed by atoms with Gasteiger partial charge in [-0.1, -0.05) is 50.6 Å². The molecule has 0 radical (unpaired) electrons. The highest BCUT2D eigenvalue weighted by Gasteiger charge is 2.32. The van der Waals surface area contributed by atoms with Crippen molar-refractivity contribution in [2.24, 2.45) is 5.41 Å². The van der Waals surface area contributed by atoms with Gasteiger partial charge in [-0.05, 0) is 110 Å². The maximum Gasteiger partial charge on any atom is 0.178 e. The molecular formula is C26H50N2OSi. The Kier molecular flexibility index (Phi) is 13.8. The number of hydrogen-bond donors (Lipinski definition) is 0. The van der Waals surface area contributed by atoms with E-state index in [9.17, 15) is 0 Å². The topological polar surface area (TPSA) is 15.7 Å². The summed E-state index contributed by atoms with van der Waals surface area (Å²) in [6.45, 7) is 9.34. The van der Waals surface area contributed by atoms with E-state index in [0.717, 1.165) is 6.42 Å². The average Bonchev–Trinajstić information content (AvgIpc) is 2.71. The first kappa shape index (κ1) is 27.4. The normalized spacial score (nSPS) is 14.4. The lowest BCUT2D eigenvalue weighted by Gasteiger charge is -2.37. The third kappa shape index (κ3) is 11.6. The molecular weight excluding hydrogens is 384 g/mol. The van der Waals surface area contributed by atoms with Gasteiger partial charge in [-0.15, -0.1) is 0 Å². The second-order valence-electron chi connectivity index (χ2n) is 9.87. The Morgan fingerprint density at radius 1 is 0.933 bits per heavy atom. The molecule has 0 amide bonds. The Labute approximate surface area is 189 Å². The van der Waals surface area contributed by atoms with Crippen molar-refractivity contribution in [3.63, 3.8) is 0 Å². The molecule has 3 nitrogen and oxygen atoms in total. The molecule has 0 aliphatic rings. The van der Waals surface area contributed by atoms with Gasteiger partial charge in [0.25, 0.3) is 0 Å². The number of rotatable bonds is 17. The first-order valence-electron chi connectivity index (χ1n) is 12.3. The van der Waals surface area contributed by atoms with E-state index in [1.165, 1.54) is 69.3 Å². The molecule has 2 unspecified atom stereocenters. The average molecular weight is 435 g/mol. The molecule has 0 heterocycles. The smallest absolute Gasteiger partial charge is 0.178 e. The van der Waals surface area contributed by atoms with Gasteiger partial charge in [-0.25, -0.2) is 0 Å². The standard InChI is InChI=1S/C26H50N2OSi/c1-8-24(3)29-30(22-17-25-15-11-10-12-16-25)23-26(9-2,18-13-20-27(4)5)19-14-21-28(6)7/h10-12,15-16,24,30H,8-9,13-14,17-23H2,1-7H3. The molecule has 4 heteroatoms. The number of benzene rings is 1. The Balaban J connectivity index is 2.89. The van der Waals surface area contributed by atoms with Gasteiger partial charge in [0.05, 0.1) is 0 Å². The van der Waals surface area contributed by atoms with Crippen molar-refractivity contribution in [1.29, 1.82) is 0 Å². The fraction of sp³-hybridized carbons (Fsp3) is 0.769. The van der Waals surface area contributed by atoms with Crippen molar-refractivity contribution in [2.45, 2.75) is 83.9 Å². The molecule has 0 aliphatic carbocycles. The summed E-state index contributed by atoms with van der Waals surface area (Å²) in [5, 5.41) is 0. The van der Waals surface area contributed by atoms with Crippen molar-refractivity contribution in [3.05, 3.63) is 35.9 Å². The number of aryl methyl sites for hydroxylation is 1. The van der Waals surface area contributed by atoms with E-state index in [-0.39, 0.29) is 0 Å². The van der Waals surface area contributed by atoms with E-state index in [1.807, 2.05) is 0 Å². The van der Waals surface area contributed by atoms with Crippen LogP contribution in [0.4, 0.5) is 0 Å². The monoisotopic (exact) mass is 434 g/mol. The van der Waals surface area contributed by atoms with Crippen LogP contribution in [-0.4, -0.2) is 66.2 Å². The summed E-state index contributed by atoms with van der Waals surface area (Å²) in [5.74, 6) is 0. The van der Waals surface area contributed by atoms with Gasteiger partial charge in [-0.3, -0.25) is 0 Å². The Morgan fingerprint density at radius 2 is 1.50 bits per heavy atom. The maximum absolute atomic E-state index is 6.75. The molecule has 0 saturated heterocycles. The van der Waals surface area contributed by atoms with Crippen molar-refractivity contribution < 1.29 is 4.43 Å². The van der Waals surface area contributed by atoms with Crippen LogP contribution in [0.25, 0.3) is 0 Å². The summed E-state index contributed by atoms with van der Waals surface area (Å²) < 4.78 is 6.75. The van der Waals surface area contributed by atoms with Crippen LogP contribution in [0.5, 0.6) is 0 Å². The molecule has 0 N–H and O–H groups in total. The quantitative estimate of drug-likeness (QED) is 0.286. The fourth-order valence-corrected chi connectivity index (χ4v) is 8.07. The van der Waals surface area contributed by atoms with Gasteiger partial charge >= 0.3 is 0 Å². The zero-order valence-electron chi connectivity index (χ0n) is 21.1. The summed E-state index contributed by atoms with van der Waals surface area (Å²) >= 11 is 0. The van der Waals surface area contributed by atoms with Gasteiger partial charge in [0.15, 0.2) is 9.04 Å². The predicted molar refractivity (Wildman–Crippen MR) is 136 cm³/mol. The molecule has 0 saturated carbocycles. The molecule has 0 bridgehead atoms. The predicted octanol–water partition coefficient (Wildman–Crippen LogP) is 5.85. The highest BCUT2D eigenvalue weighted by Crippen LogP contribution is 2.40. The van der Waals surface area contributed by atoms with E-state index < -0.39 is 9.04 Å². The van der Waals surface area contributed by atoms with Crippen LogP contribution in [0.15, 0.2) is 30.3 Å². The SMILES string of the molecule is CCC(C)O[SiH](CCc1ccccc1)CC(CC)(CCCN(C)C)CCCN(C)C. The first-order valence-corrected chi connectivity index (χ1v) is 14.4. The van der Waals surface area contributed by atoms with E-state index in [4.69, 9.17) is 4.43 Å². The third-order valence-electron chi connectivity index (χ3n) is 6.63. The van der Waals surface area contributed by atoms with Gasteiger partial charge < -0.3 is 14.2 Å². The highest BCUT2D eigenvalue weighted by molar-refractivity contribution is 6.52. The Bertz CT molecular complexity index is 521. The molecule has 2 atom stereocenters. The maximum atomic E-state index is 6.75. The van der Waals surface area contributed by atoms with Crippen LogP contribution in [0.1, 0.15) is 64.9 Å². The molecule has 30 heavy (non-hydrogen) atoms. The summed E-state index contributed by atoms with van der Waals surface area (Å²) in [6, 6.07) is 13.6. The lowest BCUT2D eigenvalue weighted by atomic mass is 9.78.